The van der Waals surface area contributed by atoms with E-state index in [4.69, 9.17) is 0 Å². The second kappa shape index (κ2) is 7.79. The third-order valence-corrected chi connectivity index (χ3v) is 4.92. The van der Waals surface area contributed by atoms with Crippen molar-refractivity contribution in [2.24, 2.45) is 0 Å². The Balaban J connectivity index is 1.41. The number of carbonyl (C=O) groups is 1. The average Bonchev–Trinajstić information content (AvgIpc) is 3.17. The van der Waals surface area contributed by atoms with Gasteiger partial charge < -0.3 is 5.32 Å². The minimum absolute atomic E-state index is 0.0824. The van der Waals surface area contributed by atoms with Crippen molar-refractivity contribution in [3.63, 3.8) is 0 Å². The van der Waals surface area contributed by atoms with Crippen LogP contribution < -0.4 is 5.32 Å². The average molecular weight is 389 g/mol. The fraction of sp³-hybridized carbons (Fsp3) is 0.182. The van der Waals surface area contributed by atoms with E-state index in [-0.39, 0.29) is 11.7 Å². The summed E-state index contributed by atoms with van der Waals surface area (Å²) in [6.45, 7) is 3.87. The molecule has 0 aliphatic carbocycles. The van der Waals surface area contributed by atoms with Crippen molar-refractivity contribution in [3.8, 4) is 11.1 Å². The summed E-state index contributed by atoms with van der Waals surface area (Å²) < 4.78 is 15.1. The van der Waals surface area contributed by atoms with Crippen LogP contribution in [0.4, 0.5) is 10.1 Å². The van der Waals surface area contributed by atoms with Crippen LogP contribution in [0, 0.1) is 19.7 Å². The zero-order chi connectivity index (χ0) is 20.4. The van der Waals surface area contributed by atoms with Crippen molar-refractivity contribution in [2.45, 2.75) is 26.7 Å². The van der Waals surface area contributed by atoms with E-state index in [1.165, 1.54) is 18.5 Å². The number of aromatic nitrogens is 4. The number of amides is 1. The van der Waals surface area contributed by atoms with Crippen molar-refractivity contribution in [1.29, 1.82) is 0 Å². The van der Waals surface area contributed by atoms with Gasteiger partial charge >= 0.3 is 0 Å². The molecule has 2 heterocycles. The number of hydrogen-bond acceptors (Lipinski definition) is 4. The molecular formula is C22H20FN5O. The Labute approximate surface area is 167 Å². The Bertz CT molecular complexity index is 1180. The molecule has 4 aromatic rings. The Hall–Kier alpha value is -3.61. The molecule has 146 valence electrons. The van der Waals surface area contributed by atoms with Crippen molar-refractivity contribution >= 4 is 17.4 Å². The van der Waals surface area contributed by atoms with E-state index in [1.807, 2.05) is 44.2 Å². The van der Waals surface area contributed by atoms with Crippen LogP contribution in [0.1, 0.15) is 23.4 Å². The molecule has 6 nitrogen and oxygen atoms in total. The molecular weight excluding hydrogens is 369 g/mol. The highest BCUT2D eigenvalue weighted by Crippen LogP contribution is 2.22. The van der Waals surface area contributed by atoms with E-state index in [1.54, 1.807) is 10.6 Å². The van der Waals surface area contributed by atoms with Crippen LogP contribution in [-0.4, -0.2) is 25.5 Å². The largest absolute Gasteiger partial charge is 0.326 e. The lowest BCUT2D eigenvalue weighted by Crippen LogP contribution is -2.14. The fourth-order valence-electron chi connectivity index (χ4n) is 3.39. The summed E-state index contributed by atoms with van der Waals surface area (Å²) in [7, 11) is 0. The Kier molecular flexibility index (Phi) is 5.03. The highest BCUT2D eigenvalue weighted by molar-refractivity contribution is 5.91. The number of aryl methyl sites for hydroxylation is 2. The van der Waals surface area contributed by atoms with E-state index in [0.717, 1.165) is 28.1 Å². The molecule has 0 saturated heterocycles. The Morgan fingerprint density at radius 3 is 2.66 bits per heavy atom. The van der Waals surface area contributed by atoms with E-state index < -0.39 is 0 Å². The summed E-state index contributed by atoms with van der Waals surface area (Å²) in [5.74, 6) is 0.205. The zero-order valence-corrected chi connectivity index (χ0v) is 16.2. The summed E-state index contributed by atoms with van der Waals surface area (Å²) in [5, 5.41) is 7.08. The van der Waals surface area contributed by atoms with E-state index in [2.05, 4.69) is 20.4 Å². The molecule has 0 radical (unpaired) electrons. The summed E-state index contributed by atoms with van der Waals surface area (Å²) in [5.41, 5.74) is 5.19. The van der Waals surface area contributed by atoms with E-state index >= 15 is 0 Å². The van der Waals surface area contributed by atoms with Crippen molar-refractivity contribution in [3.05, 3.63) is 77.6 Å². The summed E-state index contributed by atoms with van der Waals surface area (Å²) in [6.07, 6.45) is 2.36. The third kappa shape index (κ3) is 3.99. The van der Waals surface area contributed by atoms with Crippen molar-refractivity contribution in [1.82, 2.24) is 19.6 Å². The number of benzene rings is 2. The molecule has 0 aliphatic heterocycles. The number of hydrogen-bond donors (Lipinski definition) is 1. The molecule has 0 bridgehead atoms. The van der Waals surface area contributed by atoms with Crippen LogP contribution in [0.25, 0.3) is 16.9 Å². The SMILES string of the molecule is Cc1nc2ncnn2c(C)c1CCC(=O)Nc1ccc(-c2cccc(F)c2)cc1. The lowest BCUT2D eigenvalue weighted by Gasteiger charge is -2.11. The quantitative estimate of drug-likeness (QED) is 0.557. The summed E-state index contributed by atoms with van der Waals surface area (Å²) >= 11 is 0. The van der Waals surface area contributed by atoms with Gasteiger partial charge in [0.15, 0.2) is 0 Å². The minimum atomic E-state index is -0.274. The summed E-state index contributed by atoms with van der Waals surface area (Å²) in [4.78, 5) is 20.9. The molecule has 7 heteroatoms. The first-order valence-corrected chi connectivity index (χ1v) is 9.33. The van der Waals surface area contributed by atoms with Crippen LogP contribution in [0.2, 0.25) is 0 Å². The molecule has 1 N–H and O–H groups in total. The minimum Gasteiger partial charge on any atom is -0.326 e. The highest BCUT2D eigenvalue weighted by atomic mass is 19.1. The molecule has 2 aromatic carbocycles. The van der Waals surface area contributed by atoms with Crippen LogP contribution in [0.3, 0.4) is 0 Å². The molecule has 4 rings (SSSR count). The van der Waals surface area contributed by atoms with Crippen molar-refractivity contribution in [2.75, 3.05) is 5.32 Å². The smallest absolute Gasteiger partial charge is 0.252 e. The predicted octanol–water partition coefficient (Wildman–Crippen LogP) is 4.12. The molecule has 0 atom stereocenters. The topological polar surface area (TPSA) is 72.2 Å². The normalized spacial score (nSPS) is 11.0. The van der Waals surface area contributed by atoms with Crippen LogP contribution in [0.5, 0.6) is 0 Å². The first-order chi connectivity index (χ1) is 14.0. The van der Waals surface area contributed by atoms with Gasteiger partial charge in [0.2, 0.25) is 5.91 Å². The van der Waals surface area contributed by atoms with E-state index in [0.29, 0.717) is 24.3 Å². The second-order valence-electron chi connectivity index (χ2n) is 6.87. The molecule has 0 fully saturated rings. The Morgan fingerprint density at radius 2 is 1.90 bits per heavy atom. The summed E-state index contributed by atoms with van der Waals surface area (Å²) in [6, 6.07) is 13.8. The van der Waals surface area contributed by atoms with Crippen LogP contribution >= 0.6 is 0 Å². The lowest BCUT2D eigenvalue weighted by molar-refractivity contribution is -0.116. The fourth-order valence-corrected chi connectivity index (χ4v) is 3.39. The van der Waals surface area contributed by atoms with E-state index in [9.17, 15) is 9.18 Å². The van der Waals surface area contributed by atoms with Gasteiger partial charge in [-0.25, -0.2) is 13.9 Å². The maximum Gasteiger partial charge on any atom is 0.252 e. The van der Waals surface area contributed by atoms with Crippen molar-refractivity contribution < 1.29 is 9.18 Å². The highest BCUT2D eigenvalue weighted by Gasteiger charge is 2.12. The molecule has 0 aliphatic rings. The number of carbonyl (C=O) groups excluding carboxylic acids is 1. The first kappa shape index (κ1) is 18.7. The standard InChI is InChI=1S/C22H20FN5O/c1-14-20(15(2)28-22(26-14)24-13-25-28)10-11-21(29)27-19-8-6-16(7-9-19)17-4-3-5-18(23)12-17/h3-9,12-13H,10-11H2,1-2H3,(H,27,29). The van der Waals surface area contributed by atoms with Crippen LogP contribution in [-0.2, 0) is 11.2 Å². The van der Waals surface area contributed by atoms with Gasteiger partial charge in [0.25, 0.3) is 5.78 Å². The molecule has 0 spiro atoms. The molecule has 1 amide bonds. The van der Waals surface area contributed by atoms with Gasteiger partial charge in [-0.1, -0.05) is 24.3 Å². The molecule has 2 aromatic heterocycles. The number of anilines is 1. The van der Waals surface area contributed by atoms with Gasteiger partial charge in [-0.15, -0.1) is 0 Å². The number of nitrogens with zero attached hydrogens (tertiary/aromatic N) is 4. The molecule has 0 unspecified atom stereocenters. The number of fused-ring (bicyclic) bond motifs is 1. The number of halogens is 1. The number of rotatable bonds is 5. The van der Waals surface area contributed by atoms with Gasteiger partial charge in [-0.3, -0.25) is 4.79 Å². The zero-order valence-electron chi connectivity index (χ0n) is 16.2. The Morgan fingerprint density at radius 1 is 1.10 bits per heavy atom. The van der Waals surface area contributed by atoms with Crippen LogP contribution in [0.15, 0.2) is 54.9 Å². The van der Waals surface area contributed by atoms with Gasteiger partial charge in [0.1, 0.15) is 12.1 Å². The maximum absolute atomic E-state index is 13.4. The van der Waals surface area contributed by atoms with Gasteiger partial charge in [0, 0.05) is 23.5 Å². The second-order valence-corrected chi connectivity index (χ2v) is 6.87. The molecule has 0 saturated carbocycles. The van der Waals surface area contributed by atoms with Gasteiger partial charge in [-0.05, 0) is 61.2 Å². The van der Waals surface area contributed by atoms with Gasteiger partial charge in [-0.2, -0.15) is 10.1 Å². The monoisotopic (exact) mass is 389 g/mol. The van der Waals surface area contributed by atoms with Gasteiger partial charge in [0.05, 0.1) is 0 Å². The predicted molar refractivity (Wildman–Crippen MR) is 109 cm³/mol. The first-order valence-electron chi connectivity index (χ1n) is 9.33. The molecule has 29 heavy (non-hydrogen) atoms. The maximum atomic E-state index is 13.4. The third-order valence-electron chi connectivity index (χ3n) is 4.92. The lowest BCUT2D eigenvalue weighted by atomic mass is 10.0. The number of nitrogens with one attached hydrogen (secondary N) is 1.